The molecule has 1 saturated carbocycles. The third-order valence-corrected chi connectivity index (χ3v) is 4.12. The van der Waals surface area contributed by atoms with Gasteiger partial charge in [0.15, 0.2) is 0 Å². The van der Waals surface area contributed by atoms with Gasteiger partial charge >= 0.3 is 12.0 Å². The molecule has 20 heavy (non-hydrogen) atoms. The van der Waals surface area contributed by atoms with Crippen LogP contribution in [0.25, 0.3) is 0 Å². The van der Waals surface area contributed by atoms with Crippen LogP contribution in [0.1, 0.15) is 26.2 Å². The quantitative estimate of drug-likeness (QED) is 0.753. The van der Waals surface area contributed by atoms with Crippen molar-refractivity contribution in [3.63, 3.8) is 0 Å². The lowest BCUT2D eigenvalue weighted by atomic mass is 10.1. The molecule has 0 unspecified atom stereocenters. The Labute approximate surface area is 117 Å². The largest absolute Gasteiger partial charge is 0.481 e. The fourth-order valence-corrected chi connectivity index (χ4v) is 2.83. The predicted molar refractivity (Wildman–Crippen MR) is 71.1 cm³/mol. The molecule has 2 fully saturated rings. The van der Waals surface area contributed by atoms with Crippen LogP contribution in [0.5, 0.6) is 0 Å². The number of hydrogen-bond acceptors (Lipinski definition) is 3. The van der Waals surface area contributed by atoms with Crippen molar-refractivity contribution in [1.29, 1.82) is 0 Å². The van der Waals surface area contributed by atoms with Crippen molar-refractivity contribution in [3.8, 4) is 0 Å². The van der Waals surface area contributed by atoms with E-state index in [-0.39, 0.29) is 23.9 Å². The molecule has 1 heterocycles. The molecule has 2 atom stereocenters. The van der Waals surface area contributed by atoms with Crippen molar-refractivity contribution in [2.75, 3.05) is 26.2 Å². The van der Waals surface area contributed by atoms with Crippen molar-refractivity contribution in [2.45, 2.75) is 32.2 Å². The third kappa shape index (κ3) is 3.40. The summed E-state index contributed by atoms with van der Waals surface area (Å²) in [6, 6.07) is -0.196. The third-order valence-electron chi connectivity index (χ3n) is 4.12. The summed E-state index contributed by atoms with van der Waals surface area (Å²) in [4.78, 5) is 37.6. The van der Waals surface area contributed by atoms with Crippen molar-refractivity contribution in [1.82, 2.24) is 15.1 Å². The first-order chi connectivity index (χ1) is 9.47. The summed E-state index contributed by atoms with van der Waals surface area (Å²) in [6.07, 6.45) is 1.85. The number of piperazine rings is 1. The summed E-state index contributed by atoms with van der Waals surface area (Å²) in [5.74, 6) is -1.09. The molecule has 2 rings (SSSR count). The zero-order valence-electron chi connectivity index (χ0n) is 11.7. The maximum Gasteiger partial charge on any atom is 0.317 e. The van der Waals surface area contributed by atoms with Crippen molar-refractivity contribution in [2.24, 2.45) is 5.92 Å². The van der Waals surface area contributed by atoms with Gasteiger partial charge in [0.1, 0.15) is 0 Å². The van der Waals surface area contributed by atoms with Crippen LogP contribution in [0.15, 0.2) is 0 Å². The minimum absolute atomic E-state index is 0.0325. The predicted octanol–water partition coefficient (Wildman–Crippen LogP) is 0.113. The summed E-state index contributed by atoms with van der Waals surface area (Å²) in [5, 5.41) is 11.8. The van der Waals surface area contributed by atoms with Crippen molar-refractivity contribution < 1.29 is 19.5 Å². The van der Waals surface area contributed by atoms with E-state index < -0.39 is 5.97 Å². The second-order valence-corrected chi connectivity index (χ2v) is 5.49. The van der Waals surface area contributed by atoms with E-state index in [0.29, 0.717) is 39.0 Å². The van der Waals surface area contributed by atoms with Gasteiger partial charge in [-0.1, -0.05) is 0 Å². The van der Waals surface area contributed by atoms with Crippen LogP contribution < -0.4 is 5.32 Å². The summed E-state index contributed by atoms with van der Waals surface area (Å²) >= 11 is 0. The van der Waals surface area contributed by atoms with Gasteiger partial charge in [-0.15, -0.1) is 0 Å². The molecular formula is C13H21N3O4. The highest BCUT2D eigenvalue weighted by Crippen LogP contribution is 2.25. The van der Waals surface area contributed by atoms with E-state index >= 15 is 0 Å². The zero-order valence-corrected chi connectivity index (χ0v) is 11.7. The van der Waals surface area contributed by atoms with E-state index in [4.69, 9.17) is 5.11 Å². The average Bonchev–Trinajstić information content (AvgIpc) is 2.87. The Morgan fingerprint density at radius 1 is 1.05 bits per heavy atom. The molecule has 7 nitrogen and oxygen atoms in total. The molecule has 1 aliphatic carbocycles. The second kappa shape index (κ2) is 6.11. The van der Waals surface area contributed by atoms with Crippen molar-refractivity contribution >= 4 is 17.9 Å². The highest BCUT2D eigenvalue weighted by Gasteiger charge is 2.32. The lowest BCUT2D eigenvalue weighted by molar-refractivity contribution is -0.141. The van der Waals surface area contributed by atoms with Crippen LogP contribution in [-0.2, 0) is 9.59 Å². The Bertz CT molecular complexity index is 404. The molecule has 7 heteroatoms. The van der Waals surface area contributed by atoms with Crippen LogP contribution in [0.2, 0.25) is 0 Å². The normalized spacial score (nSPS) is 26.4. The minimum atomic E-state index is -0.781. The smallest absolute Gasteiger partial charge is 0.317 e. The van der Waals surface area contributed by atoms with Gasteiger partial charge in [0.05, 0.1) is 5.92 Å². The van der Waals surface area contributed by atoms with Crippen molar-refractivity contribution in [3.05, 3.63) is 0 Å². The molecule has 0 spiro atoms. The Morgan fingerprint density at radius 2 is 1.65 bits per heavy atom. The number of hydrogen-bond donors (Lipinski definition) is 2. The number of nitrogens with zero attached hydrogens (tertiary/aromatic N) is 2. The summed E-state index contributed by atoms with van der Waals surface area (Å²) in [6.45, 7) is 3.71. The van der Waals surface area contributed by atoms with Crippen LogP contribution in [-0.4, -0.2) is 65.0 Å². The number of rotatable bonds is 2. The van der Waals surface area contributed by atoms with Gasteiger partial charge in [-0.25, -0.2) is 4.79 Å². The Morgan fingerprint density at radius 3 is 2.15 bits per heavy atom. The van der Waals surface area contributed by atoms with E-state index in [1.165, 1.54) is 6.92 Å². The highest BCUT2D eigenvalue weighted by atomic mass is 16.4. The van der Waals surface area contributed by atoms with Gasteiger partial charge in [0.2, 0.25) is 5.91 Å². The van der Waals surface area contributed by atoms with Crippen LogP contribution in [0.3, 0.4) is 0 Å². The number of carboxylic acid groups (broad SMARTS) is 1. The topological polar surface area (TPSA) is 90.0 Å². The fourth-order valence-electron chi connectivity index (χ4n) is 2.83. The average molecular weight is 283 g/mol. The van der Waals surface area contributed by atoms with E-state index in [1.807, 2.05) is 0 Å². The number of aliphatic carboxylic acids is 1. The molecule has 1 saturated heterocycles. The first kappa shape index (κ1) is 14.6. The van der Waals surface area contributed by atoms with Gasteiger partial charge < -0.3 is 20.2 Å². The van der Waals surface area contributed by atoms with Gasteiger partial charge in [-0.05, 0) is 19.3 Å². The molecule has 2 N–H and O–H groups in total. The molecule has 3 amide bonds. The molecule has 112 valence electrons. The minimum Gasteiger partial charge on any atom is -0.481 e. The second-order valence-electron chi connectivity index (χ2n) is 5.49. The lowest BCUT2D eigenvalue weighted by Gasteiger charge is -2.34. The lowest BCUT2D eigenvalue weighted by Crippen LogP contribution is -2.54. The summed E-state index contributed by atoms with van der Waals surface area (Å²) < 4.78 is 0. The van der Waals surface area contributed by atoms with E-state index in [0.717, 1.165) is 6.42 Å². The van der Waals surface area contributed by atoms with Gasteiger partial charge in [-0.2, -0.15) is 0 Å². The van der Waals surface area contributed by atoms with Crippen LogP contribution >= 0.6 is 0 Å². The zero-order chi connectivity index (χ0) is 14.7. The SMILES string of the molecule is CC(=O)N1CCN(C(=O)N[C@H]2CC[C@@H](C(=O)O)C2)CC1. The Hall–Kier alpha value is -1.79. The van der Waals surface area contributed by atoms with Gasteiger partial charge in [-0.3, -0.25) is 9.59 Å². The standard InChI is InChI=1S/C13H21N3O4/c1-9(17)15-4-6-16(7-5-15)13(20)14-11-3-2-10(8-11)12(18)19/h10-11H,2-8H2,1H3,(H,14,20)(H,18,19)/t10-,11+/m1/s1. The number of carbonyl (C=O) groups excluding carboxylic acids is 2. The van der Waals surface area contributed by atoms with Crippen LogP contribution in [0, 0.1) is 5.92 Å². The maximum atomic E-state index is 12.1. The Balaban J connectivity index is 1.76. The molecule has 0 aromatic rings. The molecule has 1 aliphatic heterocycles. The number of amides is 3. The molecular weight excluding hydrogens is 262 g/mol. The number of carboxylic acids is 1. The van der Waals surface area contributed by atoms with Crippen LogP contribution in [0.4, 0.5) is 4.79 Å². The summed E-state index contributed by atoms with van der Waals surface area (Å²) in [7, 11) is 0. The highest BCUT2D eigenvalue weighted by molar-refractivity contribution is 5.76. The monoisotopic (exact) mass is 283 g/mol. The Kier molecular flexibility index (Phi) is 4.46. The molecule has 2 aliphatic rings. The first-order valence-corrected chi connectivity index (χ1v) is 7.01. The number of carbonyl (C=O) groups is 3. The van der Waals surface area contributed by atoms with E-state index in [1.54, 1.807) is 9.80 Å². The molecule has 0 bridgehead atoms. The molecule has 0 aromatic carbocycles. The first-order valence-electron chi connectivity index (χ1n) is 7.01. The number of urea groups is 1. The fraction of sp³-hybridized carbons (Fsp3) is 0.769. The summed E-state index contributed by atoms with van der Waals surface area (Å²) in [5.41, 5.74) is 0. The van der Waals surface area contributed by atoms with Gasteiger partial charge in [0, 0.05) is 39.1 Å². The maximum absolute atomic E-state index is 12.1. The van der Waals surface area contributed by atoms with Gasteiger partial charge in [0.25, 0.3) is 0 Å². The number of nitrogens with one attached hydrogen (secondary N) is 1. The molecule has 0 radical (unpaired) electrons. The van der Waals surface area contributed by atoms with E-state index in [2.05, 4.69) is 5.32 Å². The van der Waals surface area contributed by atoms with E-state index in [9.17, 15) is 14.4 Å². The molecule has 0 aromatic heterocycles.